The summed E-state index contributed by atoms with van der Waals surface area (Å²) in [5.74, 6) is 0.930. The molecule has 0 aliphatic carbocycles. The van der Waals surface area contributed by atoms with Crippen molar-refractivity contribution in [3.8, 4) is 11.1 Å². The molecule has 1 aliphatic heterocycles. The monoisotopic (exact) mass is 296 g/mol. The van der Waals surface area contributed by atoms with E-state index in [0.717, 1.165) is 35.7 Å². The Morgan fingerprint density at radius 1 is 1.27 bits per heavy atom. The van der Waals surface area contributed by atoms with E-state index in [1.807, 2.05) is 18.3 Å². The number of nitrogen functional groups attached to an aromatic ring is 1. The molecule has 4 heterocycles. The number of anilines is 2. The molecule has 0 bridgehead atoms. The highest BCUT2D eigenvalue weighted by Crippen LogP contribution is 2.27. The number of pyridine rings is 1. The number of hydrogen-bond donors (Lipinski definition) is 1. The van der Waals surface area contributed by atoms with Crippen molar-refractivity contribution in [2.45, 2.75) is 6.10 Å². The third kappa shape index (κ3) is 2.06. The van der Waals surface area contributed by atoms with E-state index >= 15 is 0 Å². The first-order chi connectivity index (χ1) is 10.7. The van der Waals surface area contributed by atoms with Crippen molar-refractivity contribution in [3.05, 3.63) is 36.9 Å². The fraction of sp³-hybridized carbons (Fsp3) is 0.267. The summed E-state index contributed by atoms with van der Waals surface area (Å²) in [6.45, 7) is 1.73. The third-order valence-electron chi connectivity index (χ3n) is 3.93. The van der Waals surface area contributed by atoms with Crippen LogP contribution in [0.15, 0.2) is 36.9 Å². The highest BCUT2D eigenvalue weighted by molar-refractivity contribution is 5.78. The summed E-state index contributed by atoms with van der Waals surface area (Å²) < 4.78 is 7.07. The van der Waals surface area contributed by atoms with Crippen molar-refractivity contribution >= 4 is 17.2 Å². The maximum absolute atomic E-state index is 5.82. The van der Waals surface area contributed by atoms with Gasteiger partial charge in [0.2, 0.25) is 0 Å². The van der Waals surface area contributed by atoms with Crippen LogP contribution < -0.4 is 10.6 Å². The molecule has 1 aliphatic rings. The molecule has 0 spiro atoms. The summed E-state index contributed by atoms with van der Waals surface area (Å²) in [4.78, 5) is 11.1. The highest BCUT2D eigenvalue weighted by atomic mass is 16.5. The minimum atomic E-state index is 0.292. The van der Waals surface area contributed by atoms with Gasteiger partial charge in [-0.15, -0.1) is 0 Å². The average molecular weight is 296 g/mol. The van der Waals surface area contributed by atoms with Crippen LogP contribution in [0.25, 0.3) is 16.8 Å². The number of nitrogens with two attached hydrogens (primary N) is 1. The Balaban J connectivity index is 1.74. The summed E-state index contributed by atoms with van der Waals surface area (Å²) in [5, 5.41) is 4.34. The smallest absolute Gasteiger partial charge is 0.165 e. The normalized spacial score (nSPS) is 15.2. The lowest BCUT2D eigenvalue weighted by atomic mass is 10.1. The van der Waals surface area contributed by atoms with Gasteiger partial charge in [0.1, 0.15) is 5.82 Å². The average Bonchev–Trinajstić information content (AvgIpc) is 2.89. The summed E-state index contributed by atoms with van der Waals surface area (Å²) in [5.41, 5.74) is 9.07. The number of aromatic nitrogens is 4. The zero-order valence-electron chi connectivity index (χ0n) is 12.2. The summed E-state index contributed by atoms with van der Waals surface area (Å²) in [7, 11) is 1.74. The van der Waals surface area contributed by atoms with Crippen LogP contribution in [-0.2, 0) is 4.74 Å². The van der Waals surface area contributed by atoms with E-state index in [9.17, 15) is 0 Å². The molecule has 0 saturated carbocycles. The van der Waals surface area contributed by atoms with Gasteiger partial charge in [0.25, 0.3) is 0 Å². The van der Waals surface area contributed by atoms with E-state index in [2.05, 4.69) is 15.0 Å². The molecule has 7 nitrogen and oxygen atoms in total. The van der Waals surface area contributed by atoms with Crippen molar-refractivity contribution in [1.29, 1.82) is 0 Å². The lowest BCUT2D eigenvalue weighted by Crippen LogP contribution is -2.52. The van der Waals surface area contributed by atoms with Crippen LogP contribution in [0.2, 0.25) is 0 Å². The van der Waals surface area contributed by atoms with Crippen LogP contribution in [0, 0.1) is 0 Å². The van der Waals surface area contributed by atoms with E-state index in [1.165, 1.54) is 0 Å². The molecule has 4 rings (SSSR count). The molecule has 0 radical (unpaired) electrons. The van der Waals surface area contributed by atoms with Gasteiger partial charge in [-0.05, 0) is 12.1 Å². The van der Waals surface area contributed by atoms with E-state index in [1.54, 1.807) is 30.2 Å². The number of hydrogen-bond acceptors (Lipinski definition) is 6. The lowest BCUT2D eigenvalue weighted by molar-refractivity contribution is 0.0783. The van der Waals surface area contributed by atoms with Gasteiger partial charge in [-0.1, -0.05) is 0 Å². The van der Waals surface area contributed by atoms with E-state index in [0.29, 0.717) is 11.8 Å². The molecule has 0 amide bonds. The molecule has 0 aromatic carbocycles. The number of rotatable bonds is 3. The number of fused-ring (bicyclic) bond motifs is 1. The number of methoxy groups -OCH3 is 1. The van der Waals surface area contributed by atoms with Gasteiger partial charge in [-0.2, -0.15) is 5.10 Å². The molecular formula is C15H16N6O. The molecule has 1 saturated heterocycles. The SMILES string of the molecule is COC1CN(c2ccn3ncc(-c4cncc(N)c4)c3n2)C1. The Morgan fingerprint density at radius 2 is 2.14 bits per heavy atom. The summed E-state index contributed by atoms with van der Waals surface area (Å²) >= 11 is 0. The molecule has 1 fully saturated rings. The highest BCUT2D eigenvalue weighted by Gasteiger charge is 2.27. The Bertz CT molecular complexity index is 824. The maximum atomic E-state index is 5.82. The molecule has 7 heteroatoms. The van der Waals surface area contributed by atoms with Gasteiger partial charge in [0.05, 0.1) is 18.0 Å². The van der Waals surface area contributed by atoms with Gasteiger partial charge in [-0.3, -0.25) is 4.98 Å². The Hall–Kier alpha value is -2.67. The van der Waals surface area contributed by atoms with Gasteiger partial charge >= 0.3 is 0 Å². The Kier molecular flexibility index (Phi) is 2.93. The second kappa shape index (κ2) is 4.96. The second-order valence-electron chi connectivity index (χ2n) is 5.38. The Labute approximate surface area is 127 Å². The van der Waals surface area contributed by atoms with Crippen LogP contribution >= 0.6 is 0 Å². The van der Waals surface area contributed by atoms with Gasteiger partial charge < -0.3 is 15.4 Å². The summed E-state index contributed by atoms with van der Waals surface area (Å²) in [6, 6.07) is 3.84. The fourth-order valence-electron chi connectivity index (χ4n) is 2.62. The van der Waals surface area contributed by atoms with Crippen molar-refractivity contribution < 1.29 is 4.74 Å². The minimum Gasteiger partial charge on any atom is -0.397 e. The van der Waals surface area contributed by atoms with Gasteiger partial charge in [0.15, 0.2) is 5.65 Å². The largest absolute Gasteiger partial charge is 0.397 e. The molecule has 2 N–H and O–H groups in total. The van der Waals surface area contributed by atoms with E-state index < -0.39 is 0 Å². The van der Waals surface area contributed by atoms with Crippen LogP contribution in [0.3, 0.4) is 0 Å². The molecule has 22 heavy (non-hydrogen) atoms. The van der Waals surface area contributed by atoms with Crippen molar-refractivity contribution in [2.75, 3.05) is 30.8 Å². The predicted octanol–water partition coefficient (Wildman–Crippen LogP) is 1.21. The van der Waals surface area contributed by atoms with Gasteiger partial charge in [0, 0.05) is 49.9 Å². The topological polar surface area (TPSA) is 81.6 Å². The number of nitrogens with zero attached hydrogens (tertiary/aromatic N) is 5. The van der Waals surface area contributed by atoms with E-state index in [-0.39, 0.29) is 0 Å². The van der Waals surface area contributed by atoms with Crippen LogP contribution in [-0.4, -0.2) is 45.9 Å². The molecule has 112 valence electrons. The van der Waals surface area contributed by atoms with Crippen molar-refractivity contribution in [2.24, 2.45) is 0 Å². The lowest BCUT2D eigenvalue weighted by Gasteiger charge is -2.38. The van der Waals surface area contributed by atoms with Crippen LogP contribution in [0.1, 0.15) is 0 Å². The first-order valence-corrected chi connectivity index (χ1v) is 7.07. The van der Waals surface area contributed by atoms with E-state index in [4.69, 9.17) is 15.5 Å². The minimum absolute atomic E-state index is 0.292. The van der Waals surface area contributed by atoms with Crippen molar-refractivity contribution in [1.82, 2.24) is 19.6 Å². The summed E-state index contributed by atoms with van der Waals surface area (Å²) in [6.07, 6.45) is 7.39. The Morgan fingerprint density at radius 3 is 2.91 bits per heavy atom. The first kappa shape index (κ1) is 13.0. The zero-order valence-corrected chi connectivity index (χ0v) is 12.2. The number of ether oxygens (including phenoxy) is 1. The van der Waals surface area contributed by atoms with Crippen LogP contribution in [0.5, 0.6) is 0 Å². The van der Waals surface area contributed by atoms with Crippen molar-refractivity contribution in [3.63, 3.8) is 0 Å². The molecule has 0 atom stereocenters. The molecular weight excluding hydrogens is 280 g/mol. The first-order valence-electron chi connectivity index (χ1n) is 7.07. The fourth-order valence-corrected chi connectivity index (χ4v) is 2.62. The molecule has 3 aromatic heterocycles. The standard InChI is InChI=1S/C15H16N6O/c1-22-12-8-20(9-12)14-2-3-21-15(19-14)13(7-18-21)10-4-11(16)6-17-5-10/h2-7,12H,8-9,16H2,1H3. The molecule has 0 unspecified atom stereocenters. The quantitative estimate of drug-likeness (QED) is 0.782. The zero-order chi connectivity index (χ0) is 15.1. The van der Waals surface area contributed by atoms with Crippen LogP contribution in [0.4, 0.5) is 11.5 Å². The second-order valence-corrected chi connectivity index (χ2v) is 5.38. The predicted molar refractivity (Wildman–Crippen MR) is 83.6 cm³/mol. The maximum Gasteiger partial charge on any atom is 0.165 e. The molecule has 3 aromatic rings. The third-order valence-corrected chi connectivity index (χ3v) is 3.93. The van der Waals surface area contributed by atoms with Gasteiger partial charge in [-0.25, -0.2) is 9.50 Å².